The molecule has 0 bridgehead atoms. The van der Waals surface area contributed by atoms with Crippen LogP contribution in [0.25, 0.3) is 0 Å². The standard InChI is InChI=1S/C11H14F7S/c1-3-6-19-7-5-8(4-2)9(12,13)10(14,15)11(16,17)18/h5H,1,3-4,6-7H2,2H3. The van der Waals surface area contributed by atoms with Gasteiger partial charge < -0.3 is 0 Å². The van der Waals surface area contributed by atoms with Crippen LogP contribution in [0.4, 0.5) is 30.7 Å². The van der Waals surface area contributed by atoms with E-state index in [4.69, 9.17) is 0 Å². The van der Waals surface area contributed by atoms with E-state index in [0.717, 1.165) is 24.8 Å². The van der Waals surface area contributed by atoms with E-state index in [0.29, 0.717) is 12.2 Å². The van der Waals surface area contributed by atoms with Gasteiger partial charge in [-0.25, -0.2) is 0 Å². The summed E-state index contributed by atoms with van der Waals surface area (Å²) in [5, 5.41) is 0. The zero-order valence-corrected chi connectivity index (χ0v) is 11.0. The SMILES string of the molecule is [CH2]CCSCC=C(CC)C(F)(F)C(F)(F)C(F)(F)F. The normalized spacial score (nSPS) is 14.9. The van der Waals surface area contributed by atoms with Crippen molar-refractivity contribution in [3.63, 3.8) is 0 Å². The van der Waals surface area contributed by atoms with Crippen molar-refractivity contribution in [2.24, 2.45) is 0 Å². The first-order valence-corrected chi connectivity index (χ1v) is 6.56. The Labute approximate surface area is 111 Å². The minimum atomic E-state index is -6.29. The van der Waals surface area contributed by atoms with Crippen LogP contribution in [0.2, 0.25) is 0 Å². The van der Waals surface area contributed by atoms with E-state index >= 15 is 0 Å². The van der Waals surface area contributed by atoms with E-state index in [1.807, 2.05) is 0 Å². The molecule has 0 saturated carbocycles. The molecule has 0 rings (SSSR count). The van der Waals surface area contributed by atoms with Crippen LogP contribution in [0.5, 0.6) is 0 Å². The molecule has 0 unspecified atom stereocenters. The summed E-state index contributed by atoms with van der Waals surface area (Å²) in [6, 6.07) is 0. The maximum absolute atomic E-state index is 13.3. The predicted molar refractivity (Wildman–Crippen MR) is 61.6 cm³/mol. The van der Waals surface area contributed by atoms with Gasteiger partial charge in [0.05, 0.1) is 0 Å². The van der Waals surface area contributed by atoms with Gasteiger partial charge in [-0.2, -0.15) is 42.5 Å². The first-order chi connectivity index (χ1) is 8.52. The lowest BCUT2D eigenvalue weighted by molar-refractivity contribution is -0.344. The van der Waals surface area contributed by atoms with Crippen LogP contribution in [0.3, 0.4) is 0 Å². The Hall–Kier alpha value is -0.400. The van der Waals surface area contributed by atoms with Crippen LogP contribution in [0.1, 0.15) is 19.8 Å². The van der Waals surface area contributed by atoms with Crippen molar-refractivity contribution in [1.82, 2.24) is 0 Å². The van der Waals surface area contributed by atoms with Crippen molar-refractivity contribution in [1.29, 1.82) is 0 Å². The summed E-state index contributed by atoms with van der Waals surface area (Å²) >= 11 is 1.13. The van der Waals surface area contributed by atoms with Gasteiger partial charge in [0.2, 0.25) is 0 Å². The van der Waals surface area contributed by atoms with Crippen molar-refractivity contribution in [3.8, 4) is 0 Å². The highest BCUT2D eigenvalue weighted by molar-refractivity contribution is 7.99. The van der Waals surface area contributed by atoms with Crippen LogP contribution in [0.15, 0.2) is 11.6 Å². The van der Waals surface area contributed by atoms with Gasteiger partial charge in [-0.1, -0.05) is 19.9 Å². The third kappa shape index (κ3) is 4.29. The molecule has 0 amide bonds. The van der Waals surface area contributed by atoms with E-state index in [1.165, 1.54) is 0 Å². The molecule has 0 heterocycles. The van der Waals surface area contributed by atoms with Crippen molar-refractivity contribution in [2.75, 3.05) is 11.5 Å². The highest BCUT2D eigenvalue weighted by atomic mass is 32.2. The Kier molecular flexibility index (Phi) is 6.71. The van der Waals surface area contributed by atoms with Crippen LogP contribution >= 0.6 is 11.8 Å². The number of rotatable bonds is 7. The smallest absolute Gasteiger partial charge is 0.194 e. The Morgan fingerprint density at radius 2 is 1.63 bits per heavy atom. The van der Waals surface area contributed by atoms with E-state index in [-0.39, 0.29) is 5.75 Å². The second-order valence-electron chi connectivity index (χ2n) is 3.66. The Morgan fingerprint density at radius 1 is 1.11 bits per heavy atom. The van der Waals surface area contributed by atoms with Crippen molar-refractivity contribution < 1.29 is 30.7 Å². The summed E-state index contributed by atoms with van der Waals surface area (Å²) in [4.78, 5) is 0. The van der Waals surface area contributed by atoms with Crippen molar-refractivity contribution >= 4 is 11.8 Å². The fourth-order valence-corrected chi connectivity index (χ4v) is 1.91. The first kappa shape index (κ1) is 18.6. The van der Waals surface area contributed by atoms with E-state index in [1.54, 1.807) is 0 Å². The van der Waals surface area contributed by atoms with Gasteiger partial charge in [0.15, 0.2) is 0 Å². The molecule has 0 N–H and O–H groups in total. The van der Waals surface area contributed by atoms with Crippen LogP contribution in [-0.4, -0.2) is 29.5 Å². The molecule has 0 aromatic rings. The molecule has 0 aliphatic heterocycles. The zero-order valence-electron chi connectivity index (χ0n) is 10.2. The molecule has 19 heavy (non-hydrogen) atoms. The molecule has 0 nitrogen and oxygen atoms in total. The molecule has 0 aromatic heterocycles. The lowest BCUT2D eigenvalue weighted by atomic mass is 9.99. The summed E-state index contributed by atoms with van der Waals surface area (Å²) in [5.41, 5.74) is -1.20. The molecule has 113 valence electrons. The maximum atomic E-state index is 13.3. The summed E-state index contributed by atoms with van der Waals surface area (Å²) in [6.07, 6.45) is -5.62. The quantitative estimate of drug-likeness (QED) is 0.357. The third-order valence-electron chi connectivity index (χ3n) is 2.27. The highest BCUT2D eigenvalue weighted by Gasteiger charge is 2.73. The van der Waals surface area contributed by atoms with Crippen LogP contribution in [0, 0.1) is 6.92 Å². The molecule has 0 aliphatic carbocycles. The molecule has 0 aromatic carbocycles. The van der Waals surface area contributed by atoms with Gasteiger partial charge in [-0.15, -0.1) is 0 Å². The molecule has 0 saturated heterocycles. The first-order valence-electron chi connectivity index (χ1n) is 5.41. The molecule has 8 heteroatoms. The van der Waals surface area contributed by atoms with Gasteiger partial charge in [-0.05, 0) is 18.6 Å². The summed E-state index contributed by atoms with van der Waals surface area (Å²) in [6.45, 7) is 4.59. The van der Waals surface area contributed by atoms with E-state index < -0.39 is 30.0 Å². The van der Waals surface area contributed by atoms with Crippen LogP contribution in [-0.2, 0) is 0 Å². The largest absolute Gasteiger partial charge is 0.460 e. The minimum Gasteiger partial charge on any atom is -0.194 e. The number of allylic oxidation sites excluding steroid dienone is 1. The lowest BCUT2D eigenvalue weighted by Crippen LogP contribution is -2.52. The number of hydrogen-bond acceptors (Lipinski definition) is 1. The molecular formula is C11H14F7S. The van der Waals surface area contributed by atoms with E-state index in [2.05, 4.69) is 6.92 Å². The second-order valence-corrected chi connectivity index (χ2v) is 4.81. The number of alkyl halides is 7. The van der Waals surface area contributed by atoms with Crippen LogP contribution < -0.4 is 0 Å². The molecular weight excluding hydrogens is 297 g/mol. The molecule has 0 spiro atoms. The average molecular weight is 311 g/mol. The number of thioether (sulfide) groups is 1. The molecule has 1 radical (unpaired) electrons. The average Bonchev–Trinajstić information content (AvgIpc) is 2.27. The van der Waals surface area contributed by atoms with E-state index in [9.17, 15) is 30.7 Å². The van der Waals surface area contributed by atoms with Gasteiger partial charge in [0.1, 0.15) is 0 Å². The summed E-state index contributed by atoms with van der Waals surface area (Å²) < 4.78 is 88.2. The summed E-state index contributed by atoms with van der Waals surface area (Å²) in [5.74, 6) is -10.8. The van der Waals surface area contributed by atoms with Crippen molar-refractivity contribution in [2.45, 2.75) is 37.8 Å². The highest BCUT2D eigenvalue weighted by Crippen LogP contribution is 2.50. The molecule has 0 fully saturated rings. The summed E-state index contributed by atoms with van der Waals surface area (Å²) in [7, 11) is 0. The fourth-order valence-electron chi connectivity index (χ4n) is 1.22. The monoisotopic (exact) mass is 311 g/mol. The fraction of sp³-hybridized carbons (Fsp3) is 0.727. The molecule has 0 aliphatic rings. The van der Waals surface area contributed by atoms with Gasteiger partial charge in [-0.3, -0.25) is 0 Å². The van der Waals surface area contributed by atoms with Gasteiger partial charge in [0, 0.05) is 11.3 Å². The maximum Gasteiger partial charge on any atom is 0.460 e. The third-order valence-corrected chi connectivity index (χ3v) is 3.25. The Bertz CT molecular complexity index is 307. The molecule has 0 atom stereocenters. The Morgan fingerprint density at radius 3 is 2.00 bits per heavy atom. The lowest BCUT2D eigenvalue weighted by Gasteiger charge is -2.29. The van der Waals surface area contributed by atoms with Crippen molar-refractivity contribution in [3.05, 3.63) is 18.6 Å². The van der Waals surface area contributed by atoms with Gasteiger partial charge in [0.25, 0.3) is 0 Å². The minimum absolute atomic E-state index is 0.0534. The topological polar surface area (TPSA) is 0 Å². The number of hydrogen-bond donors (Lipinski definition) is 0. The number of halogens is 7. The predicted octanol–water partition coefficient (Wildman–Crippen LogP) is 5.11. The zero-order chi connectivity index (χ0) is 15.3. The Balaban J connectivity index is 5.12. The second kappa shape index (κ2) is 6.85. The van der Waals surface area contributed by atoms with Gasteiger partial charge >= 0.3 is 18.0 Å².